The number of nitro groups is 1. The molecule has 0 saturated heterocycles. The Morgan fingerprint density at radius 3 is 2.38 bits per heavy atom. The summed E-state index contributed by atoms with van der Waals surface area (Å²) in [7, 11) is 0. The molecule has 0 spiro atoms. The molecule has 0 atom stereocenters. The van der Waals surface area contributed by atoms with Crippen molar-refractivity contribution in [2.24, 2.45) is 0 Å². The Morgan fingerprint density at radius 2 is 1.72 bits per heavy atom. The minimum atomic E-state index is -0.766. The van der Waals surface area contributed by atoms with Gasteiger partial charge in [0.25, 0.3) is 17.5 Å². The predicted molar refractivity (Wildman–Crippen MR) is 120 cm³/mol. The third-order valence-corrected chi connectivity index (χ3v) is 4.73. The molecule has 0 heterocycles. The molecule has 0 bridgehead atoms. The van der Waals surface area contributed by atoms with Gasteiger partial charge in [-0.15, -0.1) is 0 Å². The van der Waals surface area contributed by atoms with Crippen LogP contribution in [0.2, 0.25) is 10.0 Å². The van der Waals surface area contributed by atoms with Crippen LogP contribution in [0, 0.1) is 15.9 Å². The van der Waals surface area contributed by atoms with E-state index in [1.807, 2.05) is 0 Å². The Labute approximate surface area is 191 Å². The van der Waals surface area contributed by atoms with Gasteiger partial charge >= 0.3 is 0 Å². The highest BCUT2D eigenvalue weighted by molar-refractivity contribution is 6.34. The SMILES string of the molecule is O=C(Nc1ccc(Cl)cc1)/C(=C/c1cccc([N+](=O)[O-])c1)NC(=O)c1ccc(F)cc1Cl. The fraction of sp³-hybridized carbons (Fsp3) is 0. The summed E-state index contributed by atoms with van der Waals surface area (Å²) in [5.41, 5.74) is 0.233. The maximum Gasteiger partial charge on any atom is 0.272 e. The van der Waals surface area contributed by atoms with Crippen LogP contribution in [0.15, 0.2) is 72.4 Å². The number of nitrogens with one attached hydrogen (secondary N) is 2. The maximum atomic E-state index is 13.3. The number of nitro benzene ring substituents is 1. The standard InChI is InChI=1S/C22H14Cl2FN3O4/c23-14-4-7-16(8-5-14)26-22(30)20(11-13-2-1-3-17(10-13)28(31)32)27-21(29)18-9-6-15(25)12-19(18)24/h1-12H,(H,26,30)(H,27,29)/b20-11-. The first-order valence-electron chi connectivity index (χ1n) is 9.02. The number of rotatable bonds is 6. The molecule has 0 aromatic heterocycles. The van der Waals surface area contributed by atoms with E-state index in [0.29, 0.717) is 16.3 Å². The Bertz CT molecular complexity index is 1230. The summed E-state index contributed by atoms with van der Waals surface area (Å²) in [4.78, 5) is 36.0. The number of hydrogen-bond acceptors (Lipinski definition) is 4. The molecular formula is C22H14Cl2FN3O4. The van der Waals surface area contributed by atoms with E-state index in [0.717, 1.165) is 12.1 Å². The topological polar surface area (TPSA) is 101 Å². The van der Waals surface area contributed by atoms with Crippen molar-refractivity contribution in [3.8, 4) is 0 Å². The zero-order valence-corrected chi connectivity index (χ0v) is 17.7. The quantitative estimate of drug-likeness (QED) is 0.282. The van der Waals surface area contributed by atoms with Gasteiger partial charge in [0.2, 0.25) is 0 Å². The highest BCUT2D eigenvalue weighted by atomic mass is 35.5. The number of nitrogens with zero attached hydrogens (tertiary/aromatic N) is 1. The number of non-ortho nitro benzene ring substituents is 1. The number of carbonyl (C=O) groups excluding carboxylic acids is 2. The number of carbonyl (C=O) groups is 2. The van der Waals surface area contributed by atoms with E-state index in [2.05, 4.69) is 10.6 Å². The molecule has 32 heavy (non-hydrogen) atoms. The molecule has 2 amide bonds. The highest BCUT2D eigenvalue weighted by Gasteiger charge is 2.18. The summed E-state index contributed by atoms with van der Waals surface area (Å²) in [6.45, 7) is 0. The van der Waals surface area contributed by atoms with Crippen LogP contribution in [0.1, 0.15) is 15.9 Å². The lowest BCUT2D eigenvalue weighted by molar-refractivity contribution is -0.384. The number of benzene rings is 3. The van der Waals surface area contributed by atoms with Gasteiger partial charge in [0, 0.05) is 22.8 Å². The fourth-order valence-corrected chi connectivity index (χ4v) is 3.03. The smallest absolute Gasteiger partial charge is 0.272 e. The van der Waals surface area contributed by atoms with E-state index < -0.39 is 22.6 Å². The summed E-state index contributed by atoms with van der Waals surface area (Å²) in [6, 6.07) is 15.0. The number of anilines is 1. The maximum absolute atomic E-state index is 13.3. The summed E-state index contributed by atoms with van der Waals surface area (Å²) in [6.07, 6.45) is 1.27. The van der Waals surface area contributed by atoms with Gasteiger partial charge in [-0.1, -0.05) is 35.3 Å². The molecule has 0 radical (unpaired) electrons. The Balaban J connectivity index is 1.95. The van der Waals surface area contributed by atoms with Crippen molar-refractivity contribution in [1.82, 2.24) is 5.32 Å². The normalized spacial score (nSPS) is 11.0. The Kier molecular flexibility index (Phi) is 7.19. The average Bonchev–Trinajstić information content (AvgIpc) is 2.75. The van der Waals surface area contributed by atoms with E-state index >= 15 is 0 Å². The van der Waals surface area contributed by atoms with Crippen molar-refractivity contribution in [3.05, 3.63) is 110 Å². The van der Waals surface area contributed by atoms with Crippen LogP contribution in [-0.4, -0.2) is 16.7 Å². The lowest BCUT2D eigenvalue weighted by Gasteiger charge is -2.12. The van der Waals surface area contributed by atoms with Crippen molar-refractivity contribution in [2.45, 2.75) is 0 Å². The van der Waals surface area contributed by atoms with Crippen LogP contribution in [0.5, 0.6) is 0 Å². The second-order valence-corrected chi connectivity index (χ2v) is 7.29. The molecule has 0 aliphatic heterocycles. The van der Waals surface area contributed by atoms with E-state index in [9.17, 15) is 24.1 Å². The molecule has 0 aliphatic carbocycles. The molecule has 3 aromatic carbocycles. The third-order valence-electron chi connectivity index (χ3n) is 4.16. The van der Waals surface area contributed by atoms with Crippen molar-refractivity contribution in [3.63, 3.8) is 0 Å². The predicted octanol–water partition coefficient (Wildman–Crippen LogP) is 5.45. The van der Waals surface area contributed by atoms with Crippen LogP contribution < -0.4 is 10.6 Å². The molecule has 10 heteroatoms. The molecule has 3 rings (SSSR count). The molecule has 0 saturated carbocycles. The molecule has 7 nitrogen and oxygen atoms in total. The van der Waals surface area contributed by atoms with Crippen molar-refractivity contribution in [2.75, 3.05) is 5.32 Å². The van der Waals surface area contributed by atoms with Gasteiger partial charge in [0.15, 0.2) is 0 Å². The summed E-state index contributed by atoms with van der Waals surface area (Å²) < 4.78 is 13.3. The van der Waals surface area contributed by atoms with Gasteiger partial charge < -0.3 is 10.6 Å². The lowest BCUT2D eigenvalue weighted by Crippen LogP contribution is -2.31. The van der Waals surface area contributed by atoms with Crippen molar-refractivity contribution >= 4 is 52.5 Å². The van der Waals surface area contributed by atoms with E-state index in [4.69, 9.17) is 23.2 Å². The Hall–Kier alpha value is -3.75. The second-order valence-electron chi connectivity index (χ2n) is 6.45. The van der Waals surface area contributed by atoms with Gasteiger partial charge in [0.1, 0.15) is 11.5 Å². The highest BCUT2D eigenvalue weighted by Crippen LogP contribution is 2.20. The minimum Gasteiger partial charge on any atom is -0.321 e. The van der Waals surface area contributed by atoms with Crippen molar-refractivity contribution in [1.29, 1.82) is 0 Å². The van der Waals surface area contributed by atoms with Crippen LogP contribution in [0.4, 0.5) is 15.8 Å². The third kappa shape index (κ3) is 5.90. The molecular weight excluding hydrogens is 460 g/mol. The van der Waals surface area contributed by atoms with Gasteiger partial charge in [-0.3, -0.25) is 19.7 Å². The minimum absolute atomic E-state index is 0.0581. The zero-order chi connectivity index (χ0) is 23.3. The lowest BCUT2D eigenvalue weighted by atomic mass is 10.1. The molecule has 0 aliphatic rings. The number of amides is 2. The monoisotopic (exact) mass is 473 g/mol. The molecule has 3 aromatic rings. The van der Waals surface area contributed by atoms with Gasteiger partial charge in [0.05, 0.1) is 15.5 Å². The first-order chi connectivity index (χ1) is 15.2. The van der Waals surface area contributed by atoms with Gasteiger partial charge in [-0.25, -0.2) is 4.39 Å². The average molecular weight is 474 g/mol. The van der Waals surface area contributed by atoms with Gasteiger partial charge in [-0.05, 0) is 54.1 Å². The van der Waals surface area contributed by atoms with Crippen LogP contribution in [-0.2, 0) is 4.79 Å². The largest absolute Gasteiger partial charge is 0.321 e. The fourth-order valence-electron chi connectivity index (χ4n) is 2.65. The number of halogens is 3. The summed E-state index contributed by atoms with van der Waals surface area (Å²) >= 11 is 11.8. The summed E-state index contributed by atoms with van der Waals surface area (Å²) in [5.74, 6) is -2.09. The van der Waals surface area contributed by atoms with Crippen LogP contribution in [0.3, 0.4) is 0 Å². The first-order valence-corrected chi connectivity index (χ1v) is 9.78. The molecule has 0 unspecified atom stereocenters. The zero-order valence-electron chi connectivity index (χ0n) is 16.1. The van der Waals surface area contributed by atoms with E-state index in [1.54, 1.807) is 24.3 Å². The van der Waals surface area contributed by atoms with Crippen LogP contribution in [0.25, 0.3) is 6.08 Å². The van der Waals surface area contributed by atoms with Crippen molar-refractivity contribution < 1.29 is 18.9 Å². The van der Waals surface area contributed by atoms with Gasteiger partial charge in [-0.2, -0.15) is 0 Å². The molecule has 162 valence electrons. The molecule has 0 fully saturated rings. The first kappa shape index (κ1) is 22.9. The molecule has 2 N–H and O–H groups in total. The van der Waals surface area contributed by atoms with E-state index in [1.165, 1.54) is 36.4 Å². The van der Waals surface area contributed by atoms with E-state index in [-0.39, 0.29) is 22.0 Å². The number of hydrogen-bond donors (Lipinski definition) is 2. The second kappa shape index (κ2) is 10.0. The Morgan fingerprint density at radius 1 is 1.00 bits per heavy atom. The van der Waals surface area contributed by atoms with Crippen LogP contribution >= 0.6 is 23.2 Å². The summed E-state index contributed by atoms with van der Waals surface area (Å²) in [5, 5.41) is 16.4.